The Bertz CT molecular complexity index is 1290. The minimum atomic E-state index is -1.23. The van der Waals surface area contributed by atoms with E-state index in [1.54, 1.807) is 29.6 Å². The van der Waals surface area contributed by atoms with Gasteiger partial charge in [0.15, 0.2) is 0 Å². The smallest absolute Gasteiger partial charge is 0.346 e. The first kappa shape index (κ1) is 21.8. The van der Waals surface area contributed by atoms with Crippen LogP contribution in [0.2, 0.25) is 0 Å². The minimum Gasteiger partial charge on any atom is -0.477 e. The lowest BCUT2D eigenvalue weighted by Crippen LogP contribution is -2.09. The molecule has 1 heterocycles. The van der Waals surface area contributed by atoms with E-state index in [0.717, 1.165) is 32.4 Å². The van der Waals surface area contributed by atoms with Crippen molar-refractivity contribution in [2.45, 2.75) is 0 Å². The fourth-order valence-electron chi connectivity index (χ4n) is 3.37. The third-order valence-corrected chi connectivity index (χ3v) is 6.04. The topological polar surface area (TPSA) is 64.3 Å². The van der Waals surface area contributed by atoms with Gasteiger partial charge in [0.2, 0.25) is 0 Å². The first-order chi connectivity index (χ1) is 16.2. The van der Waals surface area contributed by atoms with Crippen LogP contribution >= 0.6 is 11.3 Å². The van der Waals surface area contributed by atoms with Crippen LogP contribution in [-0.4, -0.2) is 11.1 Å². The molecular formula is C28H20N2O2S. The summed E-state index contributed by atoms with van der Waals surface area (Å²) in [5, 5.41) is 17.7. The molecule has 0 bridgehead atoms. The largest absolute Gasteiger partial charge is 0.477 e. The van der Waals surface area contributed by atoms with Gasteiger partial charge >= 0.3 is 5.97 Å². The molecule has 0 fully saturated rings. The van der Waals surface area contributed by atoms with Crippen molar-refractivity contribution in [3.05, 3.63) is 120 Å². The highest BCUT2D eigenvalue weighted by Gasteiger charge is 2.12. The standard InChI is InChI=1S/C28H20N2O2S/c29-20-22(28(31)32)8-7-13-26-18-19-27(33-26)21-14-16-25(17-15-21)30(23-9-3-1-4-10-23)24-11-5-2-6-12-24/h1-19H,(H,31,32). The Kier molecular flexibility index (Phi) is 6.79. The van der Waals surface area contributed by atoms with Gasteiger partial charge in [-0.1, -0.05) is 54.6 Å². The lowest BCUT2D eigenvalue weighted by Gasteiger charge is -2.25. The molecule has 0 radical (unpaired) electrons. The Labute approximate surface area is 196 Å². The Balaban J connectivity index is 1.58. The molecule has 0 aliphatic heterocycles. The van der Waals surface area contributed by atoms with Crippen molar-refractivity contribution in [2.75, 3.05) is 4.90 Å². The van der Waals surface area contributed by atoms with E-state index in [1.807, 2.05) is 48.5 Å². The molecule has 4 rings (SSSR count). The molecule has 1 aromatic heterocycles. The second-order valence-electron chi connectivity index (χ2n) is 7.11. The van der Waals surface area contributed by atoms with E-state index in [4.69, 9.17) is 10.4 Å². The molecule has 1 N–H and O–H groups in total. The number of thiophene rings is 1. The zero-order valence-corrected chi connectivity index (χ0v) is 18.4. The van der Waals surface area contributed by atoms with Crippen LogP contribution in [0.4, 0.5) is 17.1 Å². The molecule has 4 nitrogen and oxygen atoms in total. The van der Waals surface area contributed by atoms with Gasteiger partial charge in [0.1, 0.15) is 11.6 Å². The third kappa shape index (κ3) is 5.27. The van der Waals surface area contributed by atoms with Gasteiger partial charge in [-0.05, 0) is 66.2 Å². The second-order valence-corrected chi connectivity index (χ2v) is 8.23. The Morgan fingerprint density at radius 3 is 1.94 bits per heavy atom. The predicted octanol–water partition coefficient (Wildman–Crippen LogP) is 7.43. The summed E-state index contributed by atoms with van der Waals surface area (Å²) in [6.07, 6.45) is 4.69. The van der Waals surface area contributed by atoms with E-state index in [0.29, 0.717) is 0 Å². The summed E-state index contributed by atoms with van der Waals surface area (Å²) >= 11 is 1.60. The van der Waals surface area contributed by atoms with Crippen LogP contribution in [0.15, 0.2) is 115 Å². The van der Waals surface area contributed by atoms with E-state index >= 15 is 0 Å². The van der Waals surface area contributed by atoms with Crippen molar-refractivity contribution in [1.29, 1.82) is 5.26 Å². The molecule has 160 valence electrons. The predicted molar refractivity (Wildman–Crippen MR) is 135 cm³/mol. The van der Waals surface area contributed by atoms with Crippen LogP contribution in [0.5, 0.6) is 0 Å². The number of nitriles is 1. The molecule has 33 heavy (non-hydrogen) atoms. The van der Waals surface area contributed by atoms with Gasteiger partial charge in [0, 0.05) is 26.8 Å². The SMILES string of the molecule is N#CC(=CC=Cc1ccc(-c2ccc(N(c3ccccc3)c3ccccc3)cc2)s1)C(=O)O. The van der Waals surface area contributed by atoms with Crippen LogP contribution in [-0.2, 0) is 4.79 Å². The molecule has 3 aromatic carbocycles. The zero-order valence-electron chi connectivity index (χ0n) is 17.6. The van der Waals surface area contributed by atoms with Crippen molar-refractivity contribution in [2.24, 2.45) is 0 Å². The maximum Gasteiger partial charge on any atom is 0.346 e. The van der Waals surface area contributed by atoms with Crippen LogP contribution in [0, 0.1) is 11.3 Å². The van der Waals surface area contributed by atoms with Gasteiger partial charge in [0.05, 0.1) is 0 Å². The van der Waals surface area contributed by atoms with Crippen LogP contribution in [0.25, 0.3) is 16.5 Å². The first-order valence-electron chi connectivity index (χ1n) is 10.3. The molecule has 0 saturated heterocycles. The molecule has 0 atom stereocenters. The molecule has 4 aromatic rings. The number of para-hydroxylation sites is 2. The number of hydrogen-bond acceptors (Lipinski definition) is 4. The number of benzene rings is 3. The summed E-state index contributed by atoms with van der Waals surface area (Å²) in [6.45, 7) is 0. The molecule has 0 aliphatic rings. The van der Waals surface area contributed by atoms with Gasteiger partial charge in [0.25, 0.3) is 0 Å². The highest BCUT2D eigenvalue weighted by atomic mass is 32.1. The highest BCUT2D eigenvalue weighted by molar-refractivity contribution is 7.16. The fraction of sp³-hybridized carbons (Fsp3) is 0. The second kappa shape index (κ2) is 10.3. The zero-order chi connectivity index (χ0) is 23.0. The Hall–Kier alpha value is -4.40. The summed E-state index contributed by atoms with van der Waals surface area (Å²) < 4.78 is 0. The van der Waals surface area contributed by atoms with Crippen molar-refractivity contribution in [3.8, 4) is 16.5 Å². The van der Waals surface area contributed by atoms with Crippen molar-refractivity contribution >= 4 is 40.4 Å². The average Bonchev–Trinajstić information content (AvgIpc) is 3.32. The monoisotopic (exact) mass is 448 g/mol. The van der Waals surface area contributed by atoms with E-state index in [9.17, 15) is 4.79 Å². The van der Waals surface area contributed by atoms with Gasteiger partial charge in [-0.25, -0.2) is 4.79 Å². The molecule has 0 saturated carbocycles. The van der Waals surface area contributed by atoms with Crippen LogP contribution in [0.1, 0.15) is 4.88 Å². The lowest BCUT2D eigenvalue weighted by molar-refractivity contribution is -0.132. The number of carboxylic acid groups (broad SMARTS) is 1. The van der Waals surface area contributed by atoms with E-state index in [1.165, 1.54) is 6.08 Å². The number of rotatable bonds is 7. The quantitative estimate of drug-likeness (QED) is 0.181. The number of aliphatic carboxylic acids is 1. The van der Waals surface area contributed by atoms with Crippen molar-refractivity contribution in [1.82, 2.24) is 0 Å². The fourth-order valence-corrected chi connectivity index (χ4v) is 4.30. The maximum absolute atomic E-state index is 10.9. The highest BCUT2D eigenvalue weighted by Crippen LogP contribution is 2.36. The molecule has 0 amide bonds. The first-order valence-corrected chi connectivity index (χ1v) is 11.1. The average molecular weight is 449 g/mol. The molecule has 0 spiro atoms. The summed E-state index contributed by atoms with van der Waals surface area (Å²) in [5.74, 6) is -1.23. The Morgan fingerprint density at radius 2 is 1.39 bits per heavy atom. The van der Waals surface area contributed by atoms with Crippen LogP contribution < -0.4 is 4.90 Å². The summed E-state index contributed by atoms with van der Waals surface area (Å²) in [4.78, 5) is 15.2. The van der Waals surface area contributed by atoms with E-state index in [2.05, 4.69) is 53.4 Å². The number of carbonyl (C=O) groups is 1. The summed E-state index contributed by atoms with van der Waals surface area (Å²) in [5.41, 5.74) is 4.05. The van der Waals surface area contributed by atoms with E-state index in [-0.39, 0.29) is 5.57 Å². The van der Waals surface area contributed by atoms with Gasteiger partial charge < -0.3 is 10.0 Å². The normalized spacial score (nSPS) is 11.3. The molecule has 0 aliphatic carbocycles. The Morgan fingerprint density at radius 1 is 0.818 bits per heavy atom. The number of anilines is 3. The molecular weight excluding hydrogens is 428 g/mol. The number of carboxylic acids is 1. The lowest BCUT2D eigenvalue weighted by atomic mass is 10.1. The van der Waals surface area contributed by atoms with Crippen LogP contribution in [0.3, 0.4) is 0 Å². The maximum atomic E-state index is 10.9. The molecule has 5 heteroatoms. The minimum absolute atomic E-state index is 0.292. The number of allylic oxidation sites excluding steroid dienone is 2. The molecule has 0 unspecified atom stereocenters. The number of hydrogen-bond donors (Lipinski definition) is 1. The van der Waals surface area contributed by atoms with Gasteiger partial charge in [-0.3, -0.25) is 0 Å². The van der Waals surface area contributed by atoms with Gasteiger partial charge in [-0.15, -0.1) is 11.3 Å². The third-order valence-electron chi connectivity index (χ3n) is 4.94. The summed E-state index contributed by atoms with van der Waals surface area (Å²) in [7, 11) is 0. The van der Waals surface area contributed by atoms with Crippen molar-refractivity contribution < 1.29 is 9.90 Å². The van der Waals surface area contributed by atoms with Crippen molar-refractivity contribution in [3.63, 3.8) is 0 Å². The van der Waals surface area contributed by atoms with E-state index < -0.39 is 5.97 Å². The number of nitrogens with zero attached hydrogens (tertiary/aromatic N) is 2. The van der Waals surface area contributed by atoms with Gasteiger partial charge in [-0.2, -0.15) is 5.26 Å². The summed E-state index contributed by atoms with van der Waals surface area (Å²) in [6, 6.07) is 34.6.